The maximum absolute atomic E-state index is 4.46. The fourth-order valence-electron chi connectivity index (χ4n) is 2.11. The molecule has 0 atom stereocenters. The molecule has 2 heterocycles. The second kappa shape index (κ2) is 10.00. The largest absolute Gasteiger partial charge is 0.314 e. The molecular formula is C17H25N5. The Bertz CT molecular complexity index is 530. The third kappa shape index (κ3) is 6.76. The number of aromatic nitrogens is 2. The lowest BCUT2D eigenvalue weighted by Crippen LogP contribution is -2.32. The summed E-state index contributed by atoms with van der Waals surface area (Å²) in [6.45, 7) is 7.45. The van der Waals surface area contributed by atoms with E-state index in [1.807, 2.05) is 43.5 Å². The Morgan fingerprint density at radius 3 is 2.14 bits per heavy atom. The predicted molar refractivity (Wildman–Crippen MR) is 89.5 cm³/mol. The van der Waals surface area contributed by atoms with Crippen LogP contribution in [0, 0.1) is 6.92 Å². The third-order valence-corrected chi connectivity index (χ3v) is 3.24. The monoisotopic (exact) mass is 299 g/mol. The zero-order chi connectivity index (χ0) is 15.5. The number of aryl methyl sites for hydroxylation is 1. The summed E-state index contributed by atoms with van der Waals surface area (Å²) in [6, 6.07) is 12.1. The molecule has 0 aliphatic heterocycles. The predicted octanol–water partition coefficient (Wildman–Crippen LogP) is 1.25. The van der Waals surface area contributed by atoms with Crippen molar-refractivity contribution in [3.63, 3.8) is 0 Å². The molecule has 118 valence electrons. The summed E-state index contributed by atoms with van der Waals surface area (Å²) >= 11 is 0. The molecular weight excluding hydrogens is 274 g/mol. The van der Waals surface area contributed by atoms with Crippen LogP contribution in [0.1, 0.15) is 17.1 Å². The molecule has 0 spiro atoms. The molecule has 0 unspecified atom stereocenters. The lowest BCUT2D eigenvalue weighted by atomic mass is 10.3. The van der Waals surface area contributed by atoms with Crippen LogP contribution in [0.2, 0.25) is 0 Å². The molecule has 0 amide bonds. The summed E-state index contributed by atoms with van der Waals surface area (Å²) in [5.41, 5.74) is 3.24. The Kier molecular flexibility index (Phi) is 7.52. The molecule has 0 bridgehead atoms. The van der Waals surface area contributed by atoms with Gasteiger partial charge in [0.1, 0.15) is 0 Å². The standard InChI is InChI=1S/C17H25N5/c1-15-5-4-7-17(22-15)14-20-12-10-18-9-11-19-13-16-6-2-3-8-21-16/h2-8,18-20H,9-14H2,1H3. The van der Waals surface area contributed by atoms with E-state index < -0.39 is 0 Å². The molecule has 5 heteroatoms. The minimum absolute atomic E-state index is 0.819. The Morgan fingerprint density at radius 2 is 1.45 bits per heavy atom. The first kappa shape index (κ1) is 16.5. The Balaban J connectivity index is 1.43. The topological polar surface area (TPSA) is 61.9 Å². The average Bonchev–Trinajstić information content (AvgIpc) is 2.54. The highest BCUT2D eigenvalue weighted by Gasteiger charge is 1.95. The summed E-state index contributed by atoms with van der Waals surface area (Å²) in [7, 11) is 0. The van der Waals surface area contributed by atoms with Crippen molar-refractivity contribution in [2.45, 2.75) is 20.0 Å². The van der Waals surface area contributed by atoms with Crippen molar-refractivity contribution in [1.29, 1.82) is 0 Å². The van der Waals surface area contributed by atoms with E-state index in [-0.39, 0.29) is 0 Å². The minimum Gasteiger partial charge on any atom is -0.314 e. The first-order valence-corrected chi connectivity index (χ1v) is 7.79. The second-order valence-corrected chi connectivity index (χ2v) is 5.19. The van der Waals surface area contributed by atoms with Crippen LogP contribution in [0.4, 0.5) is 0 Å². The molecule has 0 fully saturated rings. The fourth-order valence-corrected chi connectivity index (χ4v) is 2.11. The maximum atomic E-state index is 4.46. The van der Waals surface area contributed by atoms with Crippen molar-refractivity contribution in [2.75, 3.05) is 26.2 Å². The minimum atomic E-state index is 0.819. The Labute approximate surface area is 132 Å². The van der Waals surface area contributed by atoms with Crippen molar-refractivity contribution < 1.29 is 0 Å². The lowest BCUT2D eigenvalue weighted by Gasteiger charge is -2.08. The molecule has 22 heavy (non-hydrogen) atoms. The molecule has 0 radical (unpaired) electrons. The highest BCUT2D eigenvalue weighted by atomic mass is 15.0. The molecule has 2 aromatic rings. The lowest BCUT2D eigenvalue weighted by molar-refractivity contribution is 0.575. The van der Waals surface area contributed by atoms with E-state index in [0.29, 0.717) is 0 Å². The first-order valence-electron chi connectivity index (χ1n) is 7.79. The van der Waals surface area contributed by atoms with Crippen LogP contribution < -0.4 is 16.0 Å². The van der Waals surface area contributed by atoms with Gasteiger partial charge >= 0.3 is 0 Å². The zero-order valence-electron chi connectivity index (χ0n) is 13.2. The van der Waals surface area contributed by atoms with Gasteiger partial charge in [0.2, 0.25) is 0 Å². The van der Waals surface area contributed by atoms with Crippen LogP contribution in [-0.4, -0.2) is 36.1 Å². The number of rotatable bonds is 10. The van der Waals surface area contributed by atoms with Gasteiger partial charge in [0.25, 0.3) is 0 Å². The summed E-state index contributed by atoms with van der Waals surface area (Å²) in [6.07, 6.45) is 1.82. The molecule has 0 saturated carbocycles. The second-order valence-electron chi connectivity index (χ2n) is 5.19. The number of hydrogen-bond donors (Lipinski definition) is 3. The number of pyridine rings is 2. The van der Waals surface area contributed by atoms with Crippen molar-refractivity contribution in [2.24, 2.45) is 0 Å². The van der Waals surface area contributed by atoms with E-state index >= 15 is 0 Å². The third-order valence-electron chi connectivity index (χ3n) is 3.24. The van der Waals surface area contributed by atoms with Gasteiger partial charge in [0, 0.05) is 51.2 Å². The van der Waals surface area contributed by atoms with E-state index in [0.717, 1.165) is 56.4 Å². The van der Waals surface area contributed by atoms with Gasteiger partial charge < -0.3 is 16.0 Å². The van der Waals surface area contributed by atoms with Gasteiger partial charge in [0.15, 0.2) is 0 Å². The molecule has 0 aliphatic rings. The summed E-state index contributed by atoms with van der Waals surface area (Å²) < 4.78 is 0. The average molecular weight is 299 g/mol. The van der Waals surface area contributed by atoms with Crippen LogP contribution in [0.3, 0.4) is 0 Å². The molecule has 5 nitrogen and oxygen atoms in total. The van der Waals surface area contributed by atoms with Crippen molar-refractivity contribution in [3.8, 4) is 0 Å². The number of hydrogen-bond acceptors (Lipinski definition) is 5. The van der Waals surface area contributed by atoms with Crippen LogP contribution in [0.15, 0.2) is 42.6 Å². The SMILES string of the molecule is Cc1cccc(CNCCNCCNCc2ccccn2)n1. The van der Waals surface area contributed by atoms with Crippen molar-refractivity contribution in [3.05, 3.63) is 59.7 Å². The Morgan fingerprint density at radius 1 is 0.773 bits per heavy atom. The molecule has 3 N–H and O–H groups in total. The molecule has 0 aliphatic carbocycles. The first-order chi connectivity index (χ1) is 10.8. The normalized spacial score (nSPS) is 10.8. The Hall–Kier alpha value is -1.82. The van der Waals surface area contributed by atoms with Gasteiger partial charge in [-0.05, 0) is 31.2 Å². The van der Waals surface area contributed by atoms with Gasteiger partial charge in [-0.25, -0.2) is 0 Å². The quantitative estimate of drug-likeness (QED) is 0.577. The smallest absolute Gasteiger partial charge is 0.0544 e. The van der Waals surface area contributed by atoms with Gasteiger partial charge in [0.05, 0.1) is 11.4 Å². The van der Waals surface area contributed by atoms with E-state index in [9.17, 15) is 0 Å². The summed E-state index contributed by atoms with van der Waals surface area (Å²) in [5, 5.41) is 10.2. The molecule has 2 rings (SSSR count). The van der Waals surface area contributed by atoms with Crippen LogP contribution in [0.5, 0.6) is 0 Å². The van der Waals surface area contributed by atoms with E-state index in [1.54, 1.807) is 0 Å². The van der Waals surface area contributed by atoms with Crippen LogP contribution in [0.25, 0.3) is 0 Å². The molecule has 0 aromatic carbocycles. The molecule has 2 aromatic heterocycles. The maximum Gasteiger partial charge on any atom is 0.0544 e. The zero-order valence-corrected chi connectivity index (χ0v) is 13.2. The van der Waals surface area contributed by atoms with Crippen LogP contribution >= 0.6 is 0 Å². The van der Waals surface area contributed by atoms with Gasteiger partial charge in [-0.2, -0.15) is 0 Å². The summed E-state index contributed by atoms with van der Waals surface area (Å²) in [4.78, 5) is 8.73. The highest BCUT2D eigenvalue weighted by Crippen LogP contribution is 1.96. The van der Waals surface area contributed by atoms with E-state index in [1.165, 1.54) is 0 Å². The van der Waals surface area contributed by atoms with E-state index in [2.05, 4.69) is 32.0 Å². The summed E-state index contributed by atoms with van der Waals surface area (Å²) in [5.74, 6) is 0. The number of nitrogens with one attached hydrogen (secondary N) is 3. The van der Waals surface area contributed by atoms with Crippen LogP contribution in [-0.2, 0) is 13.1 Å². The van der Waals surface area contributed by atoms with Gasteiger partial charge in [-0.15, -0.1) is 0 Å². The fraction of sp³-hybridized carbons (Fsp3) is 0.412. The highest BCUT2D eigenvalue weighted by molar-refractivity contribution is 5.09. The van der Waals surface area contributed by atoms with Crippen molar-refractivity contribution in [1.82, 2.24) is 25.9 Å². The van der Waals surface area contributed by atoms with Crippen molar-refractivity contribution >= 4 is 0 Å². The van der Waals surface area contributed by atoms with E-state index in [4.69, 9.17) is 0 Å². The number of nitrogens with zero attached hydrogens (tertiary/aromatic N) is 2. The van der Waals surface area contributed by atoms with Gasteiger partial charge in [-0.1, -0.05) is 12.1 Å². The molecule has 0 saturated heterocycles. The van der Waals surface area contributed by atoms with Gasteiger partial charge in [-0.3, -0.25) is 9.97 Å².